The molecule has 2 heterocycles. The Morgan fingerprint density at radius 3 is 2.76 bits per heavy atom. The highest BCUT2D eigenvalue weighted by molar-refractivity contribution is 7.12. The first kappa shape index (κ1) is 19.3. The number of thiophene rings is 1. The Hall–Kier alpha value is -3.06. The minimum Gasteiger partial charge on any atom is -0.390 e. The molecule has 0 aliphatic carbocycles. The van der Waals surface area contributed by atoms with Gasteiger partial charge in [-0.15, -0.1) is 11.3 Å². The Kier molecular flexibility index (Phi) is 5.67. The summed E-state index contributed by atoms with van der Waals surface area (Å²) in [7, 11) is 0. The van der Waals surface area contributed by atoms with E-state index in [2.05, 4.69) is 5.16 Å². The zero-order valence-corrected chi connectivity index (χ0v) is 16.2. The maximum absolute atomic E-state index is 14.0. The number of halogens is 2. The predicted octanol–water partition coefficient (Wildman–Crippen LogP) is 4.86. The highest BCUT2D eigenvalue weighted by Gasteiger charge is 2.28. The van der Waals surface area contributed by atoms with E-state index in [-0.39, 0.29) is 30.6 Å². The van der Waals surface area contributed by atoms with Gasteiger partial charge in [-0.3, -0.25) is 4.79 Å². The minimum absolute atomic E-state index is 0.160. The number of hydrogen-bond acceptors (Lipinski definition) is 4. The second-order valence-electron chi connectivity index (χ2n) is 6.74. The summed E-state index contributed by atoms with van der Waals surface area (Å²) in [4.78, 5) is 20.7. The van der Waals surface area contributed by atoms with Crippen LogP contribution in [0.4, 0.5) is 8.78 Å². The van der Waals surface area contributed by atoms with Crippen LogP contribution < -0.4 is 0 Å². The van der Waals surface area contributed by atoms with Gasteiger partial charge in [0.25, 0.3) is 5.91 Å². The lowest BCUT2D eigenvalue weighted by Gasteiger charge is -2.24. The van der Waals surface area contributed by atoms with E-state index >= 15 is 0 Å². The van der Waals surface area contributed by atoms with Crippen LogP contribution >= 0.6 is 11.3 Å². The summed E-state index contributed by atoms with van der Waals surface area (Å²) in [6.07, 6.45) is -0.0136. The molecule has 148 valence electrons. The summed E-state index contributed by atoms with van der Waals surface area (Å²) >= 11 is 1.35. The molecule has 0 spiro atoms. The summed E-state index contributed by atoms with van der Waals surface area (Å²) < 4.78 is 27.6. The average Bonchev–Trinajstić information content (AvgIpc) is 3.40. The smallest absolute Gasteiger partial charge is 0.264 e. The van der Waals surface area contributed by atoms with E-state index in [0.29, 0.717) is 28.1 Å². The second kappa shape index (κ2) is 8.53. The van der Waals surface area contributed by atoms with E-state index < -0.39 is 6.10 Å². The topological polar surface area (TPSA) is 41.9 Å². The molecule has 0 N–H and O–H groups in total. The van der Waals surface area contributed by atoms with Gasteiger partial charge < -0.3 is 9.74 Å². The van der Waals surface area contributed by atoms with E-state index in [1.165, 1.54) is 29.5 Å². The first-order valence-corrected chi connectivity index (χ1v) is 10.0. The van der Waals surface area contributed by atoms with Crippen LogP contribution in [0.1, 0.15) is 27.2 Å². The van der Waals surface area contributed by atoms with Crippen molar-refractivity contribution in [1.29, 1.82) is 0 Å². The molecule has 0 bridgehead atoms. The summed E-state index contributed by atoms with van der Waals surface area (Å²) in [5.41, 5.74) is 1.60. The summed E-state index contributed by atoms with van der Waals surface area (Å²) in [6, 6.07) is 16.1. The van der Waals surface area contributed by atoms with Crippen molar-refractivity contribution in [3.05, 3.63) is 93.7 Å². The van der Waals surface area contributed by atoms with Gasteiger partial charge >= 0.3 is 0 Å². The summed E-state index contributed by atoms with van der Waals surface area (Å²) in [6.45, 7) is 0.498. The lowest BCUT2D eigenvalue weighted by atomic mass is 10.0. The molecule has 1 aliphatic rings. The van der Waals surface area contributed by atoms with Crippen molar-refractivity contribution >= 4 is 23.0 Å². The Morgan fingerprint density at radius 2 is 2.00 bits per heavy atom. The fraction of sp³-hybridized carbons (Fsp3) is 0.182. The van der Waals surface area contributed by atoms with Crippen LogP contribution in [-0.2, 0) is 11.4 Å². The third kappa shape index (κ3) is 4.51. The first-order chi connectivity index (χ1) is 14.1. The van der Waals surface area contributed by atoms with Crippen LogP contribution in [0.25, 0.3) is 0 Å². The lowest BCUT2D eigenvalue weighted by molar-refractivity contribution is 0.0408. The molecule has 7 heteroatoms. The van der Waals surface area contributed by atoms with Crippen LogP contribution in [0.5, 0.6) is 0 Å². The molecule has 1 aliphatic heterocycles. The molecule has 1 amide bonds. The van der Waals surface area contributed by atoms with Crippen LogP contribution in [0, 0.1) is 11.6 Å². The fourth-order valence-corrected chi connectivity index (χ4v) is 3.95. The standard InChI is InChI=1S/C22H18F2N2O2S/c23-16-6-3-5-15(11-16)13-26(22(27)21-9-4-10-29-21)14-17-12-20(25-28-17)18-7-1-2-8-19(18)24/h1-11,17H,12-14H2/t17-/m1/s1. The third-order valence-electron chi connectivity index (χ3n) is 4.62. The molecule has 29 heavy (non-hydrogen) atoms. The molecule has 4 nitrogen and oxygen atoms in total. The number of carbonyl (C=O) groups is 1. The van der Waals surface area contributed by atoms with E-state index in [1.807, 2.05) is 11.4 Å². The SMILES string of the molecule is O=C(c1cccs1)N(Cc1cccc(F)c1)C[C@H]1CC(c2ccccc2F)=NO1. The molecule has 1 atom stereocenters. The van der Waals surface area contributed by atoms with Crippen LogP contribution in [-0.4, -0.2) is 29.2 Å². The lowest BCUT2D eigenvalue weighted by Crippen LogP contribution is -2.37. The number of rotatable bonds is 6. The van der Waals surface area contributed by atoms with Crippen molar-refractivity contribution in [2.75, 3.05) is 6.54 Å². The van der Waals surface area contributed by atoms with Gasteiger partial charge in [0.15, 0.2) is 6.10 Å². The van der Waals surface area contributed by atoms with Crippen LogP contribution in [0.2, 0.25) is 0 Å². The van der Waals surface area contributed by atoms with Crippen LogP contribution in [0.15, 0.2) is 71.2 Å². The van der Waals surface area contributed by atoms with Crippen LogP contribution in [0.3, 0.4) is 0 Å². The monoisotopic (exact) mass is 412 g/mol. The zero-order chi connectivity index (χ0) is 20.2. The molecular weight excluding hydrogens is 394 g/mol. The zero-order valence-electron chi connectivity index (χ0n) is 15.4. The van der Waals surface area contributed by atoms with Crippen molar-refractivity contribution in [3.63, 3.8) is 0 Å². The van der Waals surface area contributed by atoms with Crippen molar-refractivity contribution < 1.29 is 18.4 Å². The highest BCUT2D eigenvalue weighted by Crippen LogP contribution is 2.22. The van der Waals surface area contributed by atoms with Gasteiger partial charge in [0.2, 0.25) is 0 Å². The van der Waals surface area contributed by atoms with E-state index in [1.54, 1.807) is 41.3 Å². The fourth-order valence-electron chi connectivity index (χ4n) is 3.26. The van der Waals surface area contributed by atoms with Crippen molar-refractivity contribution in [2.45, 2.75) is 19.1 Å². The van der Waals surface area contributed by atoms with Crippen molar-refractivity contribution in [2.24, 2.45) is 5.16 Å². The number of nitrogens with zero attached hydrogens (tertiary/aromatic N) is 2. The molecule has 0 unspecified atom stereocenters. The second-order valence-corrected chi connectivity index (χ2v) is 7.69. The third-order valence-corrected chi connectivity index (χ3v) is 5.48. The van der Waals surface area contributed by atoms with Gasteiger partial charge in [0.05, 0.1) is 17.1 Å². The molecule has 0 fully saturated rings. The Morgan fingerprint density at radius 1 is 1.14 bits per heavy atom. The Balaban J connectivity index is 1.50. The summed E-state index contributed by atoms with van der Waals surface area (Å²) in [5, 5.41) is 5.86. The summed E-state index contributed by atoms with van der Waals surface area (Å²) in [5.74, 6) is -0.873. The molecule has 0 radical (unpaired) electrons. The minimum atomic E-state index is -0.401. The van der Waals surface area contributed by atoms with Gasteiger partial charge in [-0.2, -0.15) is 0 Å². The van der Waals surface area contributed by atoms with Gasteiger partial charge in [0, 0.05) is 18.5 Å². The molecule has 2 aromatic carbocycles. The van der Waals surface area contributed by atoms with E-state index in [4.69, 9.17) is 4.84 Å². The Bertz CT molecular complexity index is 1040. The maximum Gasteiger partial charge on any atom is 0.264 e. The number of hydrogen-bond donors (Lipinski definition) is 0. The normalized spacial score (nSPS) is 15.7. The Labute approximate surface area is 171 Å². The van der Waals surface area contributed by atoms with Gasteiger partial charge in [-0.1, -0.05) is 41.6 Å². The predicted molar refractivity (Wildman–Crippen MR) is 108 cm³/mol. The molecule has 4 rings (SSSR count). The largest absolute Gasteiger partial charge is 0.390 e. The van der Waals surface area contributed by atoms with Gasteiger partial charge in [0.1, 0.15) is 11.6 Å². The molecule has 0 saturated heterocycles. The van der Waals surface area contributed by atoms with Crippen molar-refractivity contribution in [1.82, 2.24) is 4.90 Å². The highest BCUT2D eigenvalue weighted by atomic mass is 32.1. The van der Waals surface area contributed by atoms with Gasteiger partial charge in [-0.25, -0.2) is 8.78 Å². The number of benzene rings is 2. The molecule has 3 aromatic rings. The number of oxime groups is 1. The van der Waals surface area contributed by atoms with E-state index in [9.17, 15) is 13.6 Å². The number of amides is 1. The average molecular weight is 412 g/mol. The first-order valence-electron chi connectivity index (χ1n) is 9.15. The quantitative estimate of drug-likeness (QED) is 0.580. The maximum atomic E-state index is 14.0. The van der Waals surface area contributed by atoms with E-state index in [0.717, 1.165) is 0 Å². The number of carbonyl (C=O) groups excluding carboxylic acids is 1. The molecular formula is C22H18F2N2O2S. The van der Waals surface area contributed by atoms with Gasteiger partial charge in [-0.05, 0) is 35.2 Å². The van der Waals surface area contributed by atoms with Crippen molar-refractivity contribution in [3.8, 4) is 0 Å². The molecule has 0 saturated carbocycles. The molecule has 1 aromatic heterocycles.